The van der Waals surface area contributed by atoms with Crippen LogP contribution >= 0.6 is 0 Å². The molecule has 0 aromatic heterocycles. The van der Waals surface area contributed by atoms with Crippen LogP contribution in [0.1, 0.15) is 94.7 Å². The first-order valence-electron chi connectivity index (χ1n) is 14.3. The standard InChI is InChI=1S/C22H26N2.C14H22O2.Ni/c1-14-8-6-9-15(2)20(14)23-19-13-12-18(5)22(19)24-21-16(3)10-7-11-17(21)4;1-13(2,3)9-7-10(14(4,5)6)12(16)11(15)8-9;/h6-11,18H,12-13H2,1-5H3;7-8,15-16H,1-6H3;/q;;+2/p-2. The molecule has 0 spiro atoms. The molecule has 0 bridgehead atoms. The molecule has 4 rings (SSSR count). The van der Waals surface area contributed by atoms with Crippen LogP contribution in [0.25, 0.3) is 0 Å². The summed E-state index contributed by atoms with van der Waals surface area (Å²) in [6.45, 7) is 22.8. The smallest absolute Gasteiger partial charge is 0.873 e. The zero-order valence-corrected chi connectivity index (χ0v) is 27.6. The van der Waals surface area contributed by atoms with Gasteiger partial charge < -0.3 is 10.2 Å². The number of rotatable bonds is 2. The van der Waals surface area contributed by atoms with Crippen molar-refractivity contribution in [2.24, 2.45) is 15.9 Å². The molecule has 0 N–H and O–H groups in total. The first-order valence-corrected chi connectivity index (χ1v) is 14.3. The van der Waals surface area contributed by atoms with Crippen LogP contribution in [0.3, 0.4) is 0 Å². The zero-order valence-electron chi connectivity index (χ0n) is 26.6. The minimum atomic E-state index is -0.391. The number of aryl methyl sites for hydroxylation is 4. The Bertz CT molecular complexity index is 1400. The molecule has 222 valence electrons. The van der Waals surface area contributed by atoms with Crippen molar-refractivity contribution in [3.8, 4) is 11.5 Å². The SMILES string of the molecule is CC(C)(C)c1cc([O-])c([O-])c(C(C)(C)C)c1.Cc1cccc(C)c1N=C1CCC(C)C1=Nc1c(C)cccc1C.[Ni+2]. The van der Waals surface area contributed by atoms with E-state index in [0.717, 1.165) is 41.2 Å². The normalized spacial score (nSPS) is 17.3. The Morgan fingerprint density at radius 3 is 1.61 bits per heavy atom. The first-order chi connectivity index (χ1) is 18.5. The summed E-state index contributed by atoms with van der Waals surface area (Å²) in [7, 11) is 0. The fraction of sp³-hybridized carbons (Fsp3) is 0.444. The Morgan fingerprint density at radius 1 is 0.707 bits per heavy atom. The largest absolute Gasteiger partial charge is 2.00 e. The maximum atomic E-state index is 11.8. The van der Waals surface area contributed by atoms with Crippen molar-refractivity contribution in [2.75, 3.05) is 0 Å². The fourth-order valence-corrected chi connectivity index (χ4v) is 5.00. The van der Waals surface area contributed by atoms with Gasteiger partial charge in [-0.2, -0.15) is 0 Å². The van der Waals surface area contributed by atoms with Crippen molar-refractivity contribution in [3.63, 3.8) is 0 Å². The van der Waals surface area contributed by atoms with E-state index >= 15 is 0 Å². The first kappa shape index (κ1) is 34.3. The molecule has 1 atom stereocenters. The maximum absolute atomic E-state index is 11.8. The Balaban J connectivity index is 0.000000304. The molecule has 0 heterocycles. The summed E-state index contributed by atoms with van der Waals surface area (Å²) in [6.07, 6.45) is 2.15. The molecule has 0 amide bonds. The van der Waals surface area contributed by atoms with E-state index < -0.39 is 5.75 Å². The molecular weight excluding hydrogens is 551 g/mol. The van der Waals surface area contributed by atoms with Gasteiger partial charge >= 0.3 is 16.5 Å². The number of nitrogens with zero attached hydrogens (tertiary/aromatic N) is 2. The molecule has 1 aliphatic rings. The molecule has 0 aliphatic heterocycles. The molecular formula is C36H46N2NiO2. The van der Waals surface area contributed by atoms with Crippen LogP contribution in [0.5, 0.6) is 11.5 Å². The van der Waals surface area contributed by atoms with E-state index in [-0.39, 0.29) is 33.1 Å². The summed E-state index contributed by atoms with van der Waals surface area (Å²) in [5.74, 6) is -0.287. The summed E-state index contributed by atoms with van der Waals surface area (Å²) in [5.41, 5.74) is 10.6. The number of hydrogen-bond acceptors (Lipinski definition) is 4. The molecule has 5 heteroatoms. The zero-order chi connectivity index (χ0) is 30.0. The monoisotopic (exact) mass is 596 g/mol. The van der Waals surface area contributed by atoms with E-state index in [2.05, 4.69) is 71.0 Å². The van der Waals surface area contributed by atoms with E-state index in [1.54, 1.807) is 0 Å². The van der Waals surface area contributed by atoms with Gasteiger partial charge in [-0.15, -0.1) is 11.5 Å². The van der Waals surface area contributed by atoms with Gasteiger partial charge in [0, 0.05) is 5.92 Å². The summed E-state index contributed by atoms with van der Waals surface area (Å²) < 4.78 is 0. The summed E-state index contributed by atoms with van der Waals surface area (Å²) in [4.78, 5) is 10.1. The average molecular weight is 597 g/mol. The van der Waals surface area contributed by atoms with Gasteiger partial charge in [0.1, 0.15) is 0 Å². The number of aliphatic imine (C=N–C) groups is 2. The van der Waals surface area contributed by atoms with Gasteiger partial charge in [0.25, 0.3) is 0 Å². The third-order valence-corrected chi connectivity index (χ3v) is 7.66. The van der Waals surface area contributed by atoms with E-state index in [1.807, 2.05) is 47.6 Å². The van der Waals surface area contributed by atoms with E-state index in [0.29, 0.717) is 11.5 Å². The molecule has 41 heavy (non-hydrogen) atoms. The van der Waals surface area contributed by atoms with Crippen molar-refractivity contribution < 1.29 is 26.7 Å². The Hall–Kier alpha value is -2.91. The molecule has 0 saturated heterocycles. The molecule has 1 fully saturated rings. The summed E-state index contributed by atoms with van der Waals surface area (Å²) in [6, 6.07) is 16.1. The van der Waals surface area contributed by atoms with Crippen molar-refractivity contribution in [1.82, 2.24) is 0 Å². The molecule has 4 nitrogen and oxygen atoms in total. The summed E-state index contributed by atoms with van der Waals surface area (Å²) >= 11 is 0. The van der Waals surface area contributed by atoms with Crippen LogP contribution in [0.2, 0.25) is 0 Å². The minimum absolute atomic E-state index is 0. The van der Waals surface area contributed by atoms with Crippen LogP contribution in [-0.4, -0.2) is 11.4 Å². The second kappa shape index (κ2) is 13.4. The van der Waals surface area contributed by atoms with Gasteiger partial charge in [0.2, 0.25) is 0 Å². The van der Waals surface area contributed by atoms with Crippen molar-refractivity contribution >= 4 is 22.8 Å². The van der Waals surface area contributed by atoms with Gasteiger partial charge in [0.05, 0.1) is 22.8 Å². The van der Waals surface area contributed by atoms with Gasteiger partial charge in [-0.05, 0) is 79.2 Å². The molecule has 1 aliphatic carbocycles. The Labute approximate surface area is 258 Å². The quantitative estimate of drug-likeness (QED) is 0.278. The maximum Gasteiger partial charge on any atom is 2.00 e. The number of hydrogen-bond donors (Lipinski definition) is 0. The van der Waals surface area contributed by atoms with Crippen LogP contribution in [-0.2, 0) is 27.3 Å². The van der Waals surface area contributed by atoms with Crippen molar-refractivity contribution in [2.45, 2.75) is 99.8 Å². The molecule has 3 aromatic rings. The van der Waals surface area contributed by atoms with Crippen LogP contribution in [0.4, 0.5) is 11.4 Å². The Kier molecular flexibility index (Phi) is 11.2. The van der Waals surface area contributed by atoms with Crippen molar-refractivity contribution in [1.29, 1.82) is 0 Å². The number of benzene rings is 3. The molecule has 1 unspecified atom stereocenters. The van der Waals surface area contributed by atoms with Gasteiger partial charge in [-0.3, -0.25) is 9.98 Å². The van der Waals surface area contributed by atoms with E-state index in [1.165, 1.54) is 28.3 Å². The fourth-order valence-electron chi connectivity index (χ4n) is 5.00. The topological polar surface area (TPSA) is 70.8 Å². The predicted molar refractivity (Wildman–Crippen MR) is 167 cm³/mol. The Morgan fingerprint density at radius 2 is 1.17 bits per heavy atom. The average Bonchev–Trinajstić information content (AvgIpc) is 3.18. The van der Waals surface area contributed by atoms with Gasteiger partial charge in [0.15, 0.2) is 0 Å². The summed E-state index contributed by atoms with van der Waals surface area (Å²) in [5, 5.41) is 23.4. The number of para-hydroxylation sites is 2. The second-order valence-corrected chi connectivity index (χ2v) is 13.3. The van der Waals surface area contributed by atoms with E-state index in [4.69, 9.17) is 9.98 Å². The van der Waals surface area contributed by atoms with Crippen LogP contribution in [0.15, 0.2) is 58.5 Å². The van der Waals surface area contributed by atoms with Crippen LogP contribution < -0.4 is 10.2 Å². The molecule has 0 radical (unpaired) electrons. The minimum Gasteiger partial charge on any atom is -0.873 e. The van der Waals surface area contributed by atoms with E-state index in [9.17, 15) is 10.2 Å². The molecule has 3 aromatic carbocycles. The second-order valence-electron chi connectivity index (χ2n) is 13.3. The van der Waals surface area contributed by atoms with Crippen molar-refractivity contribution in [3.05, 3.63) is 81.9 Å². The third kappa shape index (κ3) is 8.32. The van der Waals surface area contributed by atoms with Gasteiger partial charge in [-0.1, -0.05) is 103 Å². The van der Waals surface area contributed by atoms with Gasteiger partial charge in [-0.25, -0.2) is 0 Å². The van der Waals surface area contributed by atoms with Crippen LogP contribution in [0, 0.1) is 33.6 Å². The third-order valence-electron chi connectivity index (χ3n) is 7.66. The molecule has 1 saturated carbocycles. The predicted octanol–water partition coefficient (Wildman–Crippen LogP) is 8.62.